The summed E-state index contributed by atoms with van der Waals surface area (Å²) in [4.78, 5) is 43.7. The van der Waals surface area contributed by atoms with E-state index in [1.54, 1.807) is 54.0 Å². The Morgan fingerprint density at radius 2 is 1.63 bits per heavy atom. The first kappa shape index (κ1) is 26.0. The summed E-state index contributed by atoms with van der Waals surface area (Å²) in [5.41, 5.74) is 2.97. The lowest BCUT2D eigenvalue weighted by atomic mass is 9.95. The Morgan fingerprint density at radius 3 is 2.32 bits per heavy atom. The van der Waals surface area contributed by atoms with Crippen molar-refractivity contribution < 1.29 is 19.1 Å². The Balaban J connectivity index is 1.41. The smallest absolute Gasteiger partial charge is 0.335 e. The average molecular weight is 562 g/mol. The van der Waals surface area contributed by atoms with Gasteiger partial charge in [0.1, 0.15) is 11.5 Å². The van der Waals surface area contributed by atoms with Crippen molar-refractivity contribution in [3.8, 4) is 11.3 Å². The van der Waals surface area contributed by atoms with Crippen LogP contribution in [0.1, 0.15) is 34.6 Å². The van der Waals surface area contributed by atoms with Gasteiger partial charge in [0.2, 0.25) is 0 Å². The second-order valence-corrected chi connectivity index (χ2v) is 10.4. The zero-order valence-corrected chi connectivity index (χ0v) is 22.6. The molecule has 8 nitrogen and oxygen atoms in total. The van der Waals surface area contributed by atoms with Crippen molar-refractivity contribution in [2.24, 2.45) is 4.99 Å². The molecule has 2 aromatic heterocycles. The van der Waals surface area contributed by atoms with Gasteiger partial charge in [-0.3, -0.25) is 14.2 Å². The van der Waals surface area contributed by atoms with Gasteiger partial charge in [0.15, 0.2) is 4.80 Å². The molecular formula is C32H23N3O5S. The van der Waals surface area contributed by atoms with Crippen LogP contribution >= 0.6 is 11.3 Å². The average Bonchev–Trinajstić information content (AvgIpc) is 3.57. The number of allylic oxidation sites excluding steroid dienone is 1. The Kier molecular flexibility index (Phi) is 6.78. The maximum atomic E-state index is 13.8. The summed E-state index contributed by atoms with van der Waals surface area (Å²) < 4.78 is 7.94. The van der Waals surface area contributed by atoms with Gasteiger partial charge in [-0.1, -0.05) is 72.0 Å². The highest BCUT2D eigenvalue weighted by molar-refractivity contribution is 7.07. The molecule has 0 bridgehead atoms. The molecule has 0 radical (unpaired) electrons. The van der Waals surface area contributed by atoms with E-state index in [4.69, 9.17) is 9.52 Å². The van der Waals surface area contributed by atoms with Crippen LogP contribution < -0.4 is 20.2 Å². The number of aromatic carboxylic acids is 1. The lowest BCUT2D eigenvalue weighted by Crippen LogP contribution is -2.40. The van der Waals surface area contributed by atoms with E-state index < -0.39 is 12.0 Å². The third-order valence-corrected chi connectivity index (χ3v) is 7.71. The molecule has 1 atom stereocenters. The summed E-state index contributed by atoms with van der Waals surface area (Å²) in [7, 11) is 0. The highest BCUT2D eigenvalue weighted by Gasteiger charge is 2.32. The number of nitrogens with one attached hydrogen (secondary N) is 1. The highest BCUT2D eigenvalue weighted by atomic mass is 32.1. The molecule has 1 aliphatic rings. The molecule has 3 heterocycles. The number of hydrogen-bond donors (Lipinski definition) is 2. The first-order chi connectivity index (χ1) is 19.9. The number of carbonyl (C=O) groups is 2. The number of amides is 1. The van der Waals surface area contributed by atoms with E-state index in [-0.39, 0.29) is 17.0 Å². The van der Waals surface area contributed by atoms with E-state index >= 15 is 0 Å². The number of nitrogens with zero attached hydrogens (tertiary/aromatic N) is 2. The van der Waals surface area contributed by atoms with Gasteiger partial charge in [-0.2, -0.15) is 0 Å². The standard InChI is InChI=1S/C32H23N3O5S/c1-19-27(29(36)34-23-10-6-3-7-11-23)28(21-8-4-2-5-9-21)35-30(37)26(41-32(35)33-19)18-24-16-17-25(40-24)20-12-14-22(15-13-20)31(38)39/h2-18,28H,1H3,(H,34,36)(H,38,39)/b26-18-/t28-/m0/s1. The third-order valence-electron chi connectivity index (χ3n) is 6.73. The van der Waals surface area contributed by atoms with E-state index in [0.29, 0.717) is 43.4 Å². The Bertz CT molecular complexity index is 1990. The number of aromatic nitrogens is 1. The molecule has 9 heteroatoms. The molecule has 6 rings (SSSR count). The minimum absolute atomic E-state index is 0.182. The van der Waals surface area contributed by atoms with Gasteiger partial charge in [0.05, 0.1) is 27.4 Å². The van der Waals surface area contributed by atoms with Crippen LogP contribution in [0.5, 0.6) is 0 Å². The van der Waals surface area contributed by atoms with Crippen LogP contribution in [0.15, 0.2) is 123 Å². The molecule has 0 fully saturated rings. The van der Waals surface area contributed by atoms with Crippen LogP contribution in [-0.2, 0) is 4.79 Å². The largest absolute Gasteiger partial charge is 0.478 e. The lowest BCUT2D eigenvalue weighted by molar-refractivity contribution is -0.113. The summed E-state index contributed by atoms with van der Waals surface area (Å²) in [6, 6.07) is 27.8. The van der Waals surface area contributed by atoms with Gasteiger partial charge in [-0.15, -0.1) is 0 Å². The number of hydrogen-bond acceptors (Lipinski definition) is 6. The number of para-hydroxylation sites is 1. The van der Waals surface area contributed by atoms with E-state index in [1.165, 1.54) is 23.5 Å². The minimum Gasteiger partial charge on any atom is -0.478 e. The molecule has 202 valence electrons. The van der Waals surface area contributed by atoms with Crippen LogP contribution in [0.3, 0.4) is 0 Å². The number of anilines is 1. The Morgan fingerprint density at radius 1 is 0.951 bits per heavy atom. The SMILES string of the molecule is CC1=C(C(=O)Nc2ccccc2)[C@H](c2ccccc2)n2c(s/c(=C\c3ccc(-c4ccc(C(=O)O)cc4)o3)c2=O)=N1. The van der Waals surface area contributed by atoms with Crippen LogP contribution in [0.4, 0.5) is 5.69 Å². The van der Waals surface area contributed by atoms with Gasteiger partial charge in [-0.25, -0.2) is 9.79 Å². The fourth-order valence-electron chi connectivity index (χ4n) is 4.77. The van der Waals surface area contributed by atoms with Gasteiger partial charge < -0.3 is 14.8 Å². The molecule has 2 N–H and O–H groups in total. The van der Waals surface area contributed by atoms with E-state index in [1.807, 2.05) is 48.5 Å². The van der Waals surface area contributed by atoms with E-state index in [9.17, 15) is 14.4 Å². The molecule has 41 heavy (non-hydrogen) atoms. The zero-order chi connectivity index (χ0) is 28.5. The Labute approximate surface area is 237 Å². The zero-order valence-electron chi connectivity index (χ0n) is 21.8. The number of rotatable bonds is 6. The van der Waals surface area contributed by atoms with Gasteiger partial charge in [-0.05, 0) is 48.9 Å². The topological polar surface area (TPSA) is 114 Å². The maximum Gasteiger partial charge on any atom is 0.335 e. The van der Waals surface area contributed by atoms with Gasteiger partial charge >= 0.3 is 5.97 Å². The number of fused-ring (bicyclic) bond motifs is 1. The predicted octanol–water partition coefficient (Wildman–Crippen LogP) is 4.83. The summed E-state index contributed by atoms with van der Waals surface area (Å²) in [6.07, 6.45) is 1.66. The molecule has 0 spiro atoms. The summed E-state index contributed by atoms with van der Waals surface area (Å²) in [5, 5.41) is 12.1. The van der Waals surface area contributed by atoms with Gasteiger partial charge in [0, 0.05) is 17.3 Å². The summed E-state index contributed by atoms with van der Waals surface area (Å²) >= 11 is 1.22. The molecule has 0 unspecified atom stereocenters. The first-order valence-electron chi connectivity index (χ1n) is 12.8. The quantitative estimate of drug-likeness (QED) is 0.308. The monoisotopic (exact) mass is 561 g/mol. The van der Waals surface area contributed by atoms with Crippen molar-refractivity contribution in [1.82, 2.24) is 4.57 Å². The number of thiazole rings is 1. The molecule has 5 aromatic rings. The second kappa shape index (κ2) is 10.7. The number of carbonyl (C=O) groups excluding carboxylic acids is 1. The van der Waals surface area contributed by atoms with Gasteiger partial charge in [0.25, 0.3) is 11.5 Å². The van der Waals surface area contributed by atoms with Crippen molar-refractivity contribution in [3.63, 3.8) is 0 Å². The number of furan rings is 1. The third kappa shape index (κ3) is 5.06. The van der Waals surface area contributed by atoms with Crippen molar-refractivity contribution in [2.45, 2.75) is 13.0 Å². The minimum atomic E-state index is -1.00. The van der Waals surface area contributed by atoms with Crippen molar-refractivity contribution in [1.29, 1.82) is 0 Å². The van der Waals surface area contributed by atoms with Crippen LogP contribution in [0.25, 0.3) is 17.4 Å². The maximum absolute atomic E-state index is 13.8. The molecule has 1 aliphatic heterocycles. The van der Waals surface area contributed by atoms with Crippen LogP contribution in [-0.4, -0.2) is 21.6 Å². The van der Waals surface area contributed by atoms with Crippen LogP contribution in [0, 0.1) is 0 Å². The normalized spacial score (nSPS) is 14.9. The molecular weight excluding hydrogens is 538 g/mol. The fourth-order valence-corrected chi connectivity index (χ4v) is 5.80. The highest BCUT2D eigenvalue weighted by Crippen LogP contribution is 2.30. The fraction of sp³-hybridized carbons (Fsp3) is 0.0625. The van der Waals surface area contributed by atoms with Crippen molar-refractivity contribution >= 4 is 35.0 Å². The van der Waals surface area contributed by atoms with Crippen molar-refractivity contribution in [3.05, 3.63) is 145 Å². The predicted molar refractivity (Wildman–Crippen MR) is 156 cm³/mol. The lowest BCUT2D eigenvalue weighted by Gasteiger charge is -2.25. The molecule has 1 amide bonds. The molecule has 3 aromatic carbocycles. The Hall–Kier alpha value is -5.28. The number of benzene rings is 3. The van der Waals surface area contributed by atoms with Crippen molar-refractivity contribution in [2.75, 3.05) is 5.32 Å². The number of carboxylic acids is 1. The van der Waals surface area contributed by atoms with E-state index in [2.05, 4.69) is 10.3 Å². The summed E-state index contributed by atoms with van der Waals surface area (Å²) in [6.45, 7) is 1.78. The number of carboxylic acid groups (broad SMARTS) is 1. The molecule has 0 saturated carbocycles. The summed E-state index contributed by atoms with van der Waals surface area (Å²) in [5.74, 6) is -0.331. The molecule has 0 saturated heterocycles. The van der Waals surface area contributed by atoms with Crippen LogP contribution in [0.2, 0.25) is 0 Å². The molecule has 0 aliphatic carbocycles. The first-order valence-corrected chi connectivity index (χ1v) is 13.6. The van der Waals surface area contributed by atoms with E-state index in [0.717, 1.165) is 5.56 Å². The second-order valence-electron chi connectivity index (χ2n) is 9.40.